The molecule has 0 heterocycles. The maximum Gasteiger partial charge on any atom is 0.134 e. The highest BCUT2D eigenvalue weighted by Gasteiger charge is 1.96. The smallest absolute Gasteiger partial charge is 0.134 e. The van der Waals surface area contributed by atoms with Gasteiger partial charge in [-0.1, -0.05) is 24.3 Å². The predicted molar refractivity (Wildman–Crippen MR) is 53.4 cm³/mol. The number of carbonyl (C=O) groups excluding carboxylic acids is 1. The molecule has 1 nitrogen and oxygen atoms in total. The highest BCUT2D eigenvalue weighted by Crippen LogP contribution is 2.05. The molecule has 13 heavy (non-hydrogen) atoms. The molecule has 0 spiro atoms. The number of rotatable bonds is 3. The quantitative estimate of drug-likeness (QED) is 0.637. The van der Waals surface area contributed by atoms with Crippen molar-refractivity contribution in [3.05, 3.63) is 35.4 Å². The zero-order chi connectivity index (χ0) is 9.68. The van der Waals surface area contributed by atoms with Gasteiger partial charge < -0.3 is 0 Å². The van der Waals surface area contributed by atoms with E-state index >= 15 is 0 Å². The van der Waals surface area contributed by atoms with Gasteiger partial charge in [0.05, 0.1) is 0 Å². The monoisotopic (exact) mass is 172 g/mol. The third-order valence-corrected chi connectivity index (χ3v) is 1.78. The number of hydrogen-bond acceptors (Lipinski definition) is 1. The molecule has 0 atom stereocenters. The van der Waals surface area contributed by atoms with Gasteiger partial charge in [0.15, 0.2) is 0 Å². The largest absolute Gasteiger partial charge is 0.300 e. The lowest BCUT2D eigenvalue weighted by Gasteiger charge is -1.99. The van der Waals surface area contributed by atoms with Crippen molar-refractivity contribution in [2.24, 2.45) is 0 Å². The molecule has 0 bridgehead atoms. The van der Waals surface area contributed by atoms with Gasteiger partial charge in [-0.15, -0.1) is 12.3 Å². The second-order valence-corrected chi connectivity index (χ2v) is 3.08. The molecule has 1 aromatic carbocycles. The molecule has 0 aliphatic heterocycles. The van der Waals surface area contributed by atoms with Crippen LogP contribution >= 0.6 is 0 Å². The molecule has 0 N–H and O–H groups in total. The molecule has 0 saturated carbocycles. The highest BCUT2D eigenvalue weighted by molar-refractivity contribution is 5.78. The Kier molecular flexibility index (Phi) is 3.28. The molecule has 0 unspecified atom stereocenters. The zero-order valence-electron chi connectivity index (χ0n) is 7.71. The number of hydrogen-bond donors (Lipinski definition) is 0. The average molecular weight is 172 g/mol. The van der Waals surface area contributed by atoms with Gasteiger partial charge in [-0.05, 0) is 18.1 Å². The van der Waals surface area contributed by atoms with Crippen molar-refractivity contribution in [2.45, 2.75) is 19.8 Å². The summed E-state index contributed by atoms with van der Waals surface area (Å²) in [7, 11) is 0. The first-order valence-electron chi connectivity index (χ1n) is 4.23. The van der Waals surface area contributed by atoms with E-state index in [4.69, 9.17) is 6.42 Å². The molecule has 1 rings (SSSR count). The first kappa shape index (κ1) is 9.54. The molecule has 0 aromatic heterocycles. The van der Waals surface area contributed by atoms with Crippen molar-refractivity contribution >= 4 is 5.78 Å². The van der Waals surface area contributed by atoms with E-state index in [1.807, 2.05) is 24.3 Å². The first-order valence-corrected chi connectivity index (χ1v) is 4.23. The van der Waals surface area contributed by atoms with Crippen LogP contribution < -0.4 is 0 Å². The molecule has 0 radical (unpaired) electrons. The van der Waals surface area contributed by atoms with Gasteiger partial charge in [-0.2, -0.15) is 0 Å². The van der Waals surface area contributed by atoms with E-state index in [0.717, 1.165) is 11.1 Å². The summed E-state index contributed by atoms with van der Waals surface area (Å²) in [4.78, 5) is 10.8. The van der Waals surface area contributed by atoms with Crippen molar-refractivity contribution < 1.29 is 4.79 Å². The molecule has 0 aliphatic rings. The molecular weight excluding hydrogens is 160 g/mol. The van der Waals surface area contributed by atoms with E-state index in [1.165, 1.54) is 0 Å². The minimum Gasteiger partial charge on any atom is -0.300 e. The Morgan fingerprint density at radius 1 is 1.31 bits per heavy atom. The fourth-order valence-corrected chi connectivity index (χ4v) is 1.18. The lowest BCUT2D eigenvalue weighted by atomic mass is 10.1. The van der Waals surface area contributed by atoms with E-state index in [2.05, 4.69) is 5.92 Å². The molecule has 0 saturated heterocycles. The summed E-state index contributed by atoms with van der Waals surface area (Å²) in [6, 6.07) is 7.85. The Balaban J connectivity index is 2.70. The second kappa shape index (κ2) is 4.47. The first-order chi connectivity index (χ1) is 6.22. The Hall–Kier alpha value is -1.55. The molecule has 0 amide bonds. The third kappa shape index (κ3) is 3.13. The van der Waals surface area contributed by atoms with Gasteiger partial charge in [0.1, 0.15) is 5.78 Å². The lowest BCUT2D eigenvalue weighted by molar-refractivity contribution is -0.116. The van der Waals surface area contributed by atoms with E-state index in [-0.39, 0.29) is 5.78 Å². The van der Waals surface area contributed by atoms with E-state index < -0.39 is 0 Å². The van der Waals surface area contributed by atoms with E-state index in [0.29, 0.717) is 12.8 Å². The number of ketones is 1. The van der Waals surface area contributed by atoms with Crippen LogP contribution in [-0.4, -0.2) is 5.78 Å². The minimum absolute atomic E-state index is 0.185. The summed E-state index contributed by atoms with van der Waals surface area (Å²) < 4.78 is 0. The van der Waals surface area contributed by atoms with Crippen molar-refractivity contribution in [2.75, 3.05) is 0 Å². The number of Topliss-reactive ketones (excluding diaryl/α,β-unsaturated/α-hetero) is 1. The maximum absolute atomic E-state index is 10.8. The molecule has 66 valence electrons. The fourth-order valence-electron chi connectivity index (χ4n) is 1.18. The van der Waals surface area contributed by atoms with E-state index in [1.54, 1.807) is 6.92 Å². The van der Waals surface area contributed by atoms with Gasteiger partial charge >= 0.3 is 0 Å². The Morgan fingerprint density at radius 2 is 1.85 bits per heavy atom. The Labute approximate surface area is 78.8 Å². The van der Waals surface area contributed by atoms with Crippen LogP contribution in [0.5, 0.6) is 0 Å². The lowest BCUT2D eigenvalue weighted by Crippen LogP contribution is -1.95. The number of carbonyl (C=O) groups is 1. The third-order valence-electron chi connectivity index (χ3n) is 1.78. The van der Waals surface area contributed by atoms with Crippen molar-refractivity contribution in [3.63, 3.8) is 0 Å². The van der Waals surface area contributed by atoms with Gasteiger partial charge in [0, 0.05) is 12.8 Å². The number of benzene rings is 1. The standard InChI is InChI=1S/C12H12O/c1-3-4-11-5-7-12(8-6-11)9-10(2)13/h1,5-8H,4,9H2,2H3. The number of terminal acetylenes is 1. The van der Waals surface area contributed by atoms with Gasteiger partial charge in [-0.25, -0.2) is 0 Å². The zero-order valence-corrected chi connectivity index (χ0v) is 7.71. The van der Waals surface area contributed by atoms with Crippen molar-refractivity contribution in [1.29, 1.82) is 0 Å². The van der Waals surface area contributed by atoms with Crippen LogP contribution in [0.2, 0.25) is 0 Å². The maximum atomic E-state index is 10.8. The molecule has 0 aliphatic carbocycles. The molecule has 1 aromatic rings. The summed E-state index contributed by atoms with van der Waals surface area (Å²) in [5.74, 6) is 2.76. The summed E-state index contributed by atoms with van der Waals surface area (Å²) in [6.07, 6.45) is 6.34. The van der Waals surface area contributed by atoms with Crippen LogP contribution in [0, 0.1) is 12.3 Å². The summed E-state index contributed by atoms with van der Waals surface area (Å²) in [5.41, 5.74) is 2.17. The normalized spacial score (nSPS) is 9.23. The van der Waals surface area contributed by atoms with Gasteiger partial charge in [0.25, 0.3) is 0 Å². The SMILES string of the molecule is C#CCc1ccc(CC(C)=O)cc1. The summed E-state index contributed by atoms with van der Waals surface area (Å²) >= 11 is 0. The topological polar surface area (TPSA) is 17.1 Å². The predicted octanol–water partition coefficient (Wildman–Crippen LogP) is 1.99. The fraction of sp³-hybridized carbons (Fsp3) is 0.250. The van der Waals surface area contributed by atoms with Crippen LogP contribution in [0.25, 0.3) is 0 Å². The summed E-state index contributed by atoms with van der Waals surface area (Å²) in [6.45, 7) is 1.59. The van der Waals surface area contributed by atoms with Gasteiger partial charge in [0.2, 0.25) is 0 Å². The highest BCUT2D eigenvalue weighted by atomic mass is 16.1. The van der Waals surface area contributed by atoms with E-state index in [9.17, 15) is 4.79 Å². The van der Waals surface area contributed by atoms with Gasteiger partial charge in [-0.3, -0.25) is 4.79 Å². The van der Waals surface area contributed by atoms with Crippen LogP contribution in [0.3, 0.4) is 0 Å². The van der Waals surface area contributed by atoms with Crippen molar-refractivity contribution in [3.8, 4) is 12.3 Å². The minimum atomic E-state index is 0.185. The van der Waals surface area contributed by atoms with Crippen molar-refractivity contribution in [1.82, 2.24) is 0 Å². The molecule has 1 heteroatoms. The Bertz CT molecular complexity index is 327. The summed E-state index contributed by atoms with van der Waals surface area (Å²) in [5, 5.41) is 0. The van der Waals surface area contributed by atoms with Crippen LogP contribution in [0.1, 0.15) is 18.1 Å². The second-order valence-electron chi connectivity index (χ2n) is 3.08. The van der Waals surface area contributed by atoms with Crippen LogP contribution in [0.15, 0.2) is 24.3 Å². The van der Waals surface area contributed by atoms with Crippen LogP contribution in [-0.2, 0) is 17.6 Å². The average Bonchev–Trinajstić information content (AvgIpc) is 2.08. The molecular formula is C12H12O. The van der Waals surface area contributed by atoms with Crippen LogP contribution in [0.4, 0.5) is 0 Å². The molecule has 0 fully saturated rings. The Morgan fingerprint density at radius 3 is 2.31 bits per heavy atom.